The normalized spacial score (nSPS) is 42.8. The van der Waals surface area contributed by atoms with Gasteiger partial charge in [-0.05, 0) is 37.9 Å². The summed E-state index contributed by atoms with van der Waals surface area (Å²) in [7, 11) is 1.42. The molecule has 0 saturated carbocycles. The minimum absolute atomic E-state index is 0.105. The van der Waals surface area contributed by atoms with Crippen molar-refractivity contribution < 1.29 is 19.0 Å². The zero-order chi connectivity index (χ0) is 18.4. The van der Waals surface area contributed by atoms with Crippen molar-refractivity contribution in [1.29, 1.82) is 0 Å². The molecule has 4 saturated heterocycles. The lowest BCUT2D eigenvalue weighted by atomic mass is 9.69. The van der Waals surface area contributed by atoms with E-state index in [0.717, 1.165) is 25.9 Å². The third-order valence-electron chi connectivity index (χ3n) is 7.58. The molecule has 6 nitrogen and oxygen atoms in total. The van der Waals surface area contributed by atoms with Gasteiger partial charge in [-0.3, -0.25) is 4.90 Å². The number of carbonyl (C=O) groups excluding carboxylic acids is 1. The Hall–Kier alpha value is -1.89. The minimum Gasteiger partial charge on any atom is -0.465 e. The highest BCUT2D eigenvalue weighted by Gasteiger charge is 2.71. The van der Waals surface area contributed by atoms with Gasteiger partial charge in [0.15, 0.2) is 0 Å². The molecule has 5 atom stereocenters. The number of rotatable bonds is 1. The highest BCUT2D eigenvalue weighted by Crippen LogP contribution is 2.62. The third-order valence-corrected chi connectivity index (χ3v) is 7.58. The molecule has 1 aromatic carbocycles. The van der Waals surface area contributed by atoms with Crippen molar-refractivity contribution in [1.82, 2.24) is 4.90 Å². The van der Waals surface area contributed by atoms with Gasteiger partial charge in [-0.25, -0.2) is 4.79 Å². The molecule has 4 bridgehead atoms. The first-order valence-electron chi connectivity index (χ1n) is 9.81. The molecule has 0 N–H and O–H groups in total. The molecule has 1 spiro atoms. The number of ether oxygens (including phenoxy) is 3. The van der Waals surface area contributed by atoms with Gasteiger partial charge >= 0.3 is 5.97 Å². The van der Waals surface area contributed by atoms with Crippen LogP contribution in [0.5, 0.6) is 0 Å². The summed E-state index contributed by atoms with van der Waals surface area (Å²) in [4.78, 5) is 17.8. The number of nitrogens with zero attached hydrogens (tertiary/aromatic N) is 2. The van der Waals surface area contributed by atoms with Gasteiger partial charge in [0.05, 0.1) is 12.5 Å². The van der Waals surface area contributed by atoms with Crippen molar-refractivity contribution >= 4 is 11.7 Å². The summed E-state index contributed by atoms with van der Waals surface area (Å²) in [5.74, 6) is -1.86. The monoisotopic (exact) mass is 368 g/mol. The van der Waals surface area contributed by atoms with E-state index in [4.69, 9.17) is 14.2 Å². The quantitative estimate of drug-likeness (QED) is 0.558. The fourth-order valence-electron chi connectivity index (χ4n) is 6.44. The zero-order valence-corrected chi connectivity index (χ0v) is 15.7. The Morgan fingerprint density at radius 1 is 1.37 bits per heavy atom. The van der Waals surface area contributed by atoms with Crippen LogP contribution in [0.4, 0.5) is 5.69 Å². The molecule has 0 aliphatic carbocycles. The lowest BCUT2D eigenvalue weighted by molar-refractivity contribution is -0.303. The van der Waals surface area contributed by atoms with Gasteiger partial charge in [0.2, 0.25) is 0 Å². The van der Waals surface area contributed by atoms with Crippen LogP contribution in [0.2, 0.25) is 0 Å². The van der Waals surface area contributed by atoms with Crippen molar-refractivity contribution in [3.63, 3.8) is 0 Å². The number of hydrogen-bond donors (Lipinski definition) is 0. The second-order valence-corrected chi connectivity index (χ2v) is 8.32. The van der Waals surface area contributed by atoms with Crippen LogP contribution in [0, 0.1) is 5.92 Å². The van der Waals surface area contributed by atoms with Crippen LogP contribution in [0.25, 0.3) is 0 Å². The van der Waals surface area contributed by atoms with Crippen molar-refractivity contribution in [2.75, 3.05) is 31.8 Å². The van der Waals surface area contributed by atoms with E-state index in [-0.39, 0.29) is 17.6 Å². The molecule has 0 aromatic heterocycles. The van der Waals surface area contributed by atoms with Crippen LogP contribution < -0.4 is 4.90 Å². The van der Waals surface area contributed by atoms with E-state index in [2.05, 4.69) is 40.1 Å². The number of benzene rings is 1. The van der Waals surface area contributed by atoms with Crippen molar-refractivity contribution in [3.05, 3.63) is 41.5 Å². The molecular weight excluding hydrogens is 344 g/mol. The molecule has 142 valence electrons. The Morgan fingerprint density at radius 2 is 2.22 bits per heavy atom. The highest BCUT2D eigenvalue weighted by atomic mass is 16.8. The maximum atomic E-state index is 13.0. The lowest BCUT2D eigenvalue weighted by Gasteiger charge is -2.47. The Labute approximate surface area is 158 Å². The first kappa shape index (κ1) is 16.1. The third kappa shape index (κ3) is 1.67. The summed E-state index contributed by atoms with van der Waals surface area (Å²) in [5, 5.41) is 0. The smallest absolute Gasteiger partial charge is 0.367 e. The van der Waals surface area contributed by atoms with Crippen LogP contribution in [0.15, 0.2) is 35.9 Å². The zero-order valence-electron chi connectivity index (χ0n) is 15.7. The Bertz CT molecular complexity index is 869. The van der Waals surface area contributed by atoms with Gasteiger partial charge in [0, 0.05) is 24.2 Å². The molecule has 0 radical (unpaired) electrons. The van der Waals surface area contributed by atoms with E-state index >= 15 is 0 Å². The second kappa shape index (κ2) is 5.13. The van der Waals surface area contributed by atoms with Crippen LogP contribution in [0.3, 0.4) is 0 Å². The van der Waals surface area contributed by atoms with E-state index in [0.29, 0.717) is 12.8 Å². The molecule has 5 heterocycles. The van der Waals surface area contributed by atoms with Gasteiger partial charge in [-0.1, -0.05) is 29.8 Å². The van der Waals surface area contributed by atoms with Crippen LogP contribution in [-0.2, 0) is 24.4 Å². The summed E-state index contributed by atoms with van der Waals surface area (Å²) in [6, 6.07) is 8.92. The number of hydrogen-bond acceptors (Lipinski definition) is 6. The largest absolute Gasteiger partial charge is 0.465 e. The molecular formula is C21H24N2O4. The summed E-state index contributed by atoms with van der Waals surface area (Å²) < 4.78 is 18.1. The number of methoxy groups -OCH3 is 1. The predicted molar refractivity (Wildman–Crippen MR) is 98.0 cm³/mol. The summed E-state index contributed by atoms with van der Waals surface area (Å²) in [6.07, 6.45) is 3.83. The molecule has 1 aromatic rings. The fourth-order valence-corrected chi connectivity index (χ4v) is 6.44. The van der Waals surface area contributed by atoms with Gasteiger partial charge in [0.25, 0.3) is 5.79 Å². The minimum atomic E-state index is -1.34. The van der Waals surface area contributed by atoms with E-state index in [1.54, 1.807) is 0 Å². The molecule has 5 aliphatic heterocycles. The topological polar surface area (TPSA) is 51.2 Å². The molecule has 27 heavy (non-hydrogen) atoms. The van der Waals surface area contributed by atoms with E-state index in [1.807, 2.05) is 6.92 Å². The average molecular weight is 368 g/mol. The maximum absolute atomic E-state index is 13.0. The number of anilines is 1. The summed E-state index contributed by atoms with van der Waals surface area (Å²) >= 11 is 0. The van der Waals surface area contributed by atoms with Gasteiger partial charge in [-0.2, -0.15) is 0 Å². The van der Waals surface area contributed by atoms with Crippen molar-refractivity contribution in [3.8, 4) is 0 Å². The van der Waals surface area contributed by atoms with Gasteiger partial charge in [0.1, 0.15) is 13.0 Å². The average Bonchev–Trinajstić information content (AvgIpc) is 3.21. The molecule has 6 rings (SSSR count). The molecule has 6 heteroatoms. The van der Waals surface area contributed by atoms with Gasteiger partial charge in [-0.15, -0.1) is 0 Å². The van der Waals surface area contributed by atoms with Gasteiger partial charge < -0.3 is 19.1 Å². The number of carbonyl (C=O) groups is 1. The Balaban J connectivity index is 1.62. The number of para-hydroxylation sites is 1. The summed E-state index contributed by atoms with van der Waals surface area (Å²) in [6.45, 7) is 4.32. The number of esters is 1. The number of piperidine rings is 1. The standard InChI is InChI=1S/C21H24N2O4/c1-3-13-11-22-9-8-20-14-6-4-5-7-16(14)23-12-26-21(19(24)25-2,27-18(20)23)15(13)10-17(20)22/h3-7,15,17-18H,8-12H2,1-2H3. The number of fused-ring (bicyclic) bond motifs is 5. The maximum Gasteiger partial charge on any atom is 0.367 e. The molecule has 5 aliphatic rings. The highest BCUT2D eigenvalue weighted by molar-refractivity contribution is 5.80. The Kier molecular flexibility index (Phi) is 3.06. The molecule has 0 amide bonds. The van der Waals surface area contributed by atoms with E-state index < -0.39 is 11.8 Å². The Morgan fingerprint density at radius 3 is 3.04 bits per heavy atom. The first-order chi connectivity index (χ1) is 13.2. The second-order valence-electron chi connectivity index (χ2n) is 8.32. The van der Waals surface area contributed by atoms with Crippen LogP contribution >= 0.6 is 0 Å². The van der Waals surface area contributed by atoms with E-state index in [9.17, 15) is 4.79 Å². The predicted octanol–water partition coefficient (Wildman–Crippen LogP) is 2.00. The van der Waals surface area contributed by atoms with Crippen molar-refractivity contribution in [2.45, 2.75) is 43.2 Å². The fraction of sp³-hybridized carbons (Fsp3) is 0.571. The number of allylic oxidation sites excluding steroid dienone is 1. The van der Waals surface area contributed by atoms with Crippen LogP contribution in [-0.4, -0.2) is 55.9 Å². The van der Waals surface area contributed by atoms with E-state index in [1.165, 1.54) is 23.9 Å². The lowest BCUT2D eigenvalue weighted by Crippen LogP contribution is -2.63. The molecule has 4 fully saturated rings. The van der Waals surface area contributed by atoms with Crippen molar-refractivity contribution in [2.24, 2.45) is 5.92 Å². The SMILES string of the molecule is CC=C1CN2CCC34c5ccccc5N5COC(C(=O)OC)(OC53)C1CC24. The van der Waals surface area contributed by atoms with Crippen LogP contribution in [0.1, 0.15) is 25.3 Å². The molecule has 5 unspecified atom stereocenters. The summed E-state index contributed by atoms with van der Waals surface area (Å²) in [5.41, 5.74) is 3.62. The first-order valence-corrected chi connectivity index (χ1v) is 9.81.